The Bertz CT molecular complexity index is 347. The zero-order valence-corrected chi connectivity index (χ0v) is 11.3. The van der Waals surface area contributed by atoms with Gasteiger partial charge in [-0.25, -0.2) is 4.98 Å². The van der Waals surface area contributed by atoms with Crippen molar-refractivity contribution in [2.45, 2.75) is 52.4 Å². The van der Waals surface area contributed by atoms with Crippen LogP contribution < -0.4 is 0 Å². The molecule has 2 nitrogen and oxygen atoms in total. The Labute approximate surface area is 96.4 Å². The van der Waals surface area contributed by atoms with Gasteiger partial charge in [0.05, 0.1) is 12.3 Å². The van der Waals surface area contributed by atoms with Crippen molar-refractivity contribution >= 4 is 11.3 Å². The van der Waals surface area contributed by atoms with Crippen LogP contribution >= 0.6 is 11.3 Å². The van der Waals surface area contributed by atoms with Gasteiger partial charge in [0, 0.05) is 15.7 Å². The second kappa shape index (κ2) is 3.87. The van der Waals surface area contributed by atoms with E-state index in [0.29, 0.717) is 0 Å². The van der Waals surface area contributed by atoms with Gasteiger partial charge in [0.1, 0.15) is 5.01 Å². The molecule has 1 heterocycles. The predicted molar refractivity (Wildman–Crippen MR) is 65.7 cm³/mol. The van der Waals surface area contributed by atoms with E-state index in [1.165, 1.54) is 4.88 Å². The Morgan fingerprint density at radius 1 is 1.20 bits per heavy atom. The lowest BCUT2D eigenvalue weighted by Gasteiger charge is -2.19. The van der Waals surface area contributed by atoms with Crippen molar-refractivity contribution in [1.29, 1.82) is 0 Å². The van der Waals surface area contributed by atoms with Crippen molar-refractivity contribution in [3.8, 4) is 0 Å². The van der Waals surface area contributed by atoms with E-state index in [1.54, 1.807) is 11.3 Å². The lowest BCUT2D eigenvalue weighted by molar-refractivity contribution is 0.218. The van der Waals surface area contributed by atoms with Crippen molar-refractivity contribution in [3.05, 3.63) is 15.6 Å². The fourth-order valence-corrected chi connectivity index (χ4v) is 2.67. The normalized spacial score (nSPS) is 13.3. The number of hydrogen-bond acceptors (Lipinski definition) is 3. The minimum atomic E-state index is -0.223. The number of rotatable bonds is 2. The van der Waals surface area contributed by atoms with Crippen LogP contribution in [0.4, 0.5) is 0 Å². The third-order valence-corrected chi connectivity index (χ3v) is 3.82. The molecule has 1 N–H and O–H groups in total. The third kappa shape index (κ3) is 2.58. The van der Waals surface area contributed by atoms with E-state index in [0.717, 1.165) is 10.7 Å². The quantitative estimate of drug-likeness (QED) is 0.842. The molecular formula is C12H21NOS. The first-order valence-electron chi connectivity index (χ1n) is 5.28. The highest BCUT2D eigenvalue weighted by Crippen LogP contribution is 2.34. The molecule has 1 aromatic rings. The predicted octanol–water partition coefficient (Wildman–Crippen LogP) is 3.02. The second-order valence-corrected chi connectivity index (χ2v) is 6.92. The van der Waals surface area contributed by atoms with Gasteiger partial charge >= 0.3 is 0 Å². The van der Waals surface area contributed by atoms with Gasteiger partial charge in [0.15, 0.2) is 0 Å². The van der Waals surface area contributed by atoms with Crippen molar-refractivity contribution in [2.24, 2.45) is 0 Å². The Kier molecular flexibility index (Phi) is 3.27. The molecule has 15 heavy (non-hydrogen) atoms. The van der Waals surface area contributed by atoms with Gasteiger partial charge in [-0.15, -0.1) is 11.3 Å². The molecule has 0 aliphatic heterocycles. The third-order valence-electron chi connectivity index (χ3n) is 2.48. The average Bonchev–Trinajstić information content (AvgIpc) is 2.47. The Balaban J connectivity index is 3.17. The standard InChI is InChI=1S/C12H21NOS/c1-8-9(11(2,3)4)13-10(15-8)12(5,6)7-14/h14H,7H2,1-6H3. The maximum Gasteiger partial charge on any atom is 0.101 e. The summed E-state index contributed by atoms with van der Waals surface area (Å²) in [5.74, 6) is 0. The van der Waals surface area contributed by atoms with Gasteiger partial charge in [0.2, 0.25) is 0 Å². The van der Waals surface area contributed by atoms with E-state index >= 15 is 0 Å². The maximum absolute atomic E-state index is 9.32. The summed E-state index contributed by atoms with van der Waals surface area (Å²) in [6.45, 7) is 12.8. The lowest BCUT2D eigenvalue weighted by atomic mass is 9.91. The molecule has 86 valence electrons. The molecule has 0 aliphatic carbocycles. The Morgan fingerprint density at radius 3 is 2.07 bits per heavy atom. The average molecular weight is 227 g/mol. The van der Waals surface area contributed by atoms with E-state index in [2.05, 4.69) is 32.7 Å². The summed E-state index contributed by atoms with van der Waals surface area (Å²) >= 11 is 1.70. The fraction of sp³-hybridized carbons (Fsp3) is 0.750. The summed E-state index contributed by atoms with van der Waals surface area (Å²) in [6, 6.07) is 0. The van der Waals surface area contributed by atoms with Crippen molar-refractivity contribution in [2.75, 3.05) is 6.61 Å². The smallest absolute Gasteiger partial charge is 0.101 e. The number of aliphatic hydroxyl groups excluding tert-OH is 1. The number of thiazole rings is 1. The SMILES string of the molecule is Cc1sc(C(C)(C)CO)nc1C(C)(C)C. The molecule has 0 fully saturated rings. The van der Waals surface area contributed by atoms with Gasteiger partial charge in [-0.3, -0.25) is 0 Å². The number of nitrogens with zero attached hydrogens (tertiary/aromatic N) is 1. The van der Waals surface area contributed by atoms with Crippen LogP contribution in [0.3, 0.4) is 0 Å². The minimum absolute atomic E-state index is 0.0877. The van der Waals surface area contributed by atoms with Crippen molar-refractivity contribution in [1.82, 2.24) is 4.98 Å². The van der Waals surface area contributed by atoms with Crippen LogP contribution in [0.25, 0.3) is 0 Å². The molecule has 0 aromatic carbocycles. The molecule has 0 spiro atoms. The first-order valence-corrected chi connectivity index (χ1v) is 6.09. The minimum Gasteiger partial charge on any atom is -0.395 e. The van der Waals surface area contributed by atoms with Crippen LogP contribution in [0.5, 0.6) is 0 Å². The Morgan fingerprint density at radius 2 is 1.73 bits per heavy atom. The molecule has 0 aliphatic rings. The topological polar surface area (TPSA) is 33.1 Å². The first-order chi connectivity index (χ1) is 6.68. The zero-order valence-electron chi connectivity index (χ0n) is 10.5. The molecule has 0 bridgehead atoms. The summed E-state index contributed by atoms with van der Waals surface area (Å²) in [5.41, 5.74) is 1.02. The molecule has 1 rings (SSSR count). The summed E-state index contributed by atoms with van der Waals surface area (Å²) in [5, 5.41) is 10.4. The molecule has 0 saturated heterocycles. The molecule has 0 unspecified atom stereocenters. The van der Waals surface area contributed by atoms with Gasteiger partial charge in [-0.2, -0.15) is 0 Å². The highest BCUT2D eigenvalue weighted by molar-refractivity contribution is 7.11. The number of hydrogen-bond donors (Lipinski definition) is 1. The first kappa shape index (κ1) is 12.7. The molecule has 0 saturated carbocycles. The van der Waals surface area contributed by atoms with Crippen LogP contribution in [0, 0.1) is 6.92 Å². The summed E-state index contributed by atoms with van der Waals surface area (Å²) in [4.78, 5) is 5.95. The molecular weight excluding hydrogens is 206 g/mol. The monoisotopic (exact) mass is 227 g/mol. The van der Waals surface area contributed by atoms with Crippen molar-refractivity contribution < 1.29 is 5.11 Å². The summed E-state index contributed by atoms with van der Waals surface area (Å²) < 4.78 is 0. The second-order valence-electron chi connectivity index (χ2n) is 5.72. The van der Waals surface area contributed by atoms with Crippen molar-refractivity contribution in [3.63, 3.8) is 0 Å². The zero-order chi connectivity index (χ0) is 11.9. The van der Waals surface area contributed by atoms with Crippen LogP contribution in [-0.4, -0.2) is 16.7 Å². The van der Waals surface area contributed by atoms with E-state index in [9.17, 15) is 5.11 Å². The van der Waals surface area contributed by atoms with Gasteiger partial charge < -0.3 is 5.11 Å². The molecule has 1 aromatic heterocycles. The van der Waals surface area contributed by atoms with Gasteiger partial charge in [-0.1, -0.05) is 34.6 Å². The summed E-state index contributed by atoms with van der Waals surface area (Å²) in [6.07, 6.45) is 0. The van der Waals surface area contributed by atoms with Crippen LogP contribution in [0.1, 0.15) is 50.2 Å². The maximum atomic E-state index is 9.32. The number of aromatic nitrogens is 1. The van der Waals surface area contributed by atoms with Crippen LogP contribution in [0.2, 0.25) is 0 Å². The summed E-state index contributed by atoms with van der Waals surface area (Å²) in [7, 11) is 0. The fourth-order valence-electron chi connectivity index (χ4n) is 1.45. The number of aliphatic hydroxyl groups is 1. The molecule has 3 heteroatoms. The largest absolute Gasteiger partial charge is 0.395 e. The van der Waals surface area contributed by atoms with E-state index in [-0.39, 0.29) is 17.4 Å². The molecule has 0 radical (unpaired) electrons. The highest BCUT2D eigenvalue weighted by Gasteiger charge is 2.28. The van der Waals surface area contributed by atoms with Gasteiger partial charge in [0.25, 0.3) is 0 Å². The highest BCUT2D eigenvalue weighted by atomic mass is 32.1. The lowest BCUT2D eigenvalue weighted by Crippen LogP contribution is -2.22. The molecule has 0 atom stereocenters. The molecule has 0 amide bonds. The van der Waals surface area contributed by atoms with Gasteiger partial charge in [-0.05, 0) is 6.92 Å². The van der Waals surface area contributed by atoms with E-state index in [1.807, 2.05) is 13.8 Å². The van der Waals surface area contributed by atoms with Crippen LogP contribution in [0.15, 0.2) is 0 Å². The van der Waals surface area contributed by atoms with E-state index in [4.69, 9.17) is 0 Å². The van der Waals surface area contributed by atoms with Crippen LogP contribution in [-0.2, 0) is 10.8 Å². The Hall–Kier alpha value is -0.410. The number of aryl methyl sites for hydroxylation is 1. The van der Waals surface area contributed by atoms with E-state index < -0.39 is 0 Å².